The molecular weight excluding hydrogens is 477 g/mol. The number of hydrogen-bond donors (Lipinski definition) is 2. The molecule has 2 amide bonds. The van der Waals surface area contributed by atoms with Gasteiger partial charge in [0.05, 0.1) is 5.56 Å². The van der Waals surface area contributed by atoms with Gasteiger partial charge in [-0.15, -0.1) is 11.3 Å². The second-order valence-electron chi connectivity index (χ2n) is 8.40. The summed E-state index contributed by atoms with van der Waals surface area (Å²) in [7, 11) is 0. The van der Waals surface area contributed by atoms with Crippen LogP contribution >= 0.6 is 11.3 Å². The highest BCUT2D eigenvalue weighted by molar-refractivity contribution is 7.14. The molecule has 1 heterocycles. The van der Waals surface area contributed by atoms with Gasteiger partial charge < -0.3 is 15.5 Å². The molecule has 10 heteroatoms. The number of hydrogen-bond acceptors (Lipinski definition) is 5. The molecule has 0 saturated heterocycles. The molecule has 0 bridgehead atoms. The van der Waals surface area contributed by atoms with Crippen molar-refractivity contribution in [2.45, 2.75) is 33.0 Å². The van der Waals surface area contributed by atoms with E-state index in [4.69, 9.17) is 0 Å². The Kier molecular flexibility index (Phi) is 8.86. The van der Waals surface area contributed by atoms with E-state index in [-0.39, 0.29) is 36.2 Å². The fourth-order valence-electron chi connectivity index (χ4n) is 3.19. The molecule has 0 aliphatic rings. The number of carbonyl (C=O) groups is 2. The first kappa shape index (κ1) is 26.2. The number of anilines is 2. The average Bonchev–Trinajstić information content (AvgIpc) is 3.28. The molecule has 0 spiro atoms. The Balaban J connectivity index is 1.72. The van der Waals surface area contributed by atoms with E-state index in [2.05, 4.69) is 15.6 Å². The van der Waals surface area contributed by atoms with Crippen LogP contribution in [0.25, 0.3) is 0 Å². The van der Waals surface area contributed by atoms with Gasteiger partial charge in [-0.05, 0) is 29.7 Å². The molecule has 0 aliphatic carbocycles. The SMILES string of the molecule is CC(C)CNC(=O)CCN(Cc1ccccc1)C(=O)c1csc(Nc2cccc(C(F)(F)F)c2)n1. The van der Waals surface area contributed by atoms with Crippen LogP contribution in [0.2, 0.25) is 0 Å². The van der Waals surface area contributed by atoms with Crippen LogP contribution in [0.4, 0.5) is 24.0 Å². The molecule has 6 nitrogen and oxygen atoms in total. The molecule has 0 atom stereocenters. The summed E-state index contributed by atoms with van der Waals surface area (Å²) in [5.74, 6) is -0.188. The van der Waals surface area contributed by atoms with Gasteiger partial charge in [-0.25, -0.2) is 4.98 Å². The number of benzene rings is 2. The Hall–Kier alpha value is -3.40. The summed E-state index contributed by atoms with van der Waals surface area (Å²) in [6, 6.07) is 14.2. The van der Waals surface area contributed by atoms with Gasteiger partial charge in [0, 0.05) is 37.1 Å². The molecule has 0 unspecified atom stereocenters. The Labute approximate surface area is 206 Å². The zero-order valence-corrected chi connectivity index (χ0v) is 20.2. The first-order valence-corrected chi connectivity index (χ1v) is 12.0. The highest BCUT2D eigenvalue weighted by atomic mass is 32.1. The number of thiazole rings is 1. The minimum Gasteiger partial charge on any atom is -0.356 e. The molecule has 186 valence electrons. The third kappa shape index (κ3) is 8.10. The first-order valence-electron chi connectivity index (χ1n) is 11.1. The second kappa shape index (κ2) is 11.8. The number of halogens is 3. The summed E-state index contributed by atoms with van der Waals surface area (Å²) in [5.41, 5.74) is 0.500. The minimum atomic E-state index is -4.46. The lowest BCUT2D eigenvalue weighted by Gasteiger charge is -2.22. The van der Waals surface area contributed by atoms with Crippen LogP contribution in [-0.2, 0) is 17.5 Å². The molecule has 1 aromatic heterocycles. The van der Waals surface area contributed by atoms with E-state index in [0.717, 1.165) is 29.0 Å². The molecule has 2 aromatic carbocycles. The van der Waals surface area contributed by atoms with Crippen molar-refractivity contribution in [2.24, 2.45) is 5.92 Å². The lowest BCUT2D eigenvalue weighted by Crippen LogP contribution is -2.36. The maximum Gasteiger partial charge on any atom is 0.416 e. The molecule has 2 N–H and O–H groups in total. The van der Waals surface area contributed by atoms with Crippen LogP contribution < -0.4 is 10.6 Å². The second-order valence-corrected chi connectivity index (χ2v) is 9.26. The number of nitrogens with zero attached hydrogens (tertiary/aromatic N) is 2. The Morgan fingerprint density at radius 1 is 1.09 bits per heavy atom. The van der Waals surface area contributed by atoms with Crippen molar-refractivity contribution in [2.75, 3.05) is 18.4 Å². The zero-order valence-electron chi connectivity index (χ0n) is 19.4. The number of amides is 2. The van der Waals surface area contributed by atoms with Gasteiger partial charge in [0.2, 0.25) is 5.91 Å². The average molecular weight is 505 g/mol. The van der Waals surface area contributed by atoms with Crippen molar-refractivity contribution < 1.29 is 22.8 Å². The normalized spacial score (nSPS) is 11.4. The predicted molar refractivity (Wildman–Crippen MR) is 130 cm³/mol. The van der Waals surface area contributed by atoms with Crippen LogP contribution in [0, 0.1) is 5.92 Å². The third-order valence-electron chi connectivity index (χ3n) is 4.98. The van der Waals surface area contributed by atoms with Crippen LogP contribution in [0.5, 0.6) is 0 Å². The molecule has 3 aromatic rings. The topological polar surface area (TPSA) is 74.3 Å². The number of nitrogens with one attached hydrogen (secondary N) is 2. The fourth-order valence-corrected chi connectivity index (χ4v) is 3.89. The summed E-state index contributed by atoms with van der Waals surface area (Å²) in [6.45, 7) is 5.05. The zero-order chi connectivity index (χ0) is 25.4. The summed E-state index contributed by atoms with van der Waals surface area (Å²) in [5, 5.41) is 7.52. The molecule has 0 fully saturated rings. The third-order valence-corrected chi connectivity index (χ3v) is 5.74. The Bertz CT molecular complexity index is 1130. The van der Waals surface area contributed by atoms with Crippen LogP contribution in [0.3, 0.4) is 0 Å². The Morgan fingerprint density at radius 3 is 2.51 bits per heavy atom. The number of rotatable bonds is 10. The van der Waals surface area contributed by atoms with Gasteiger partial charge in [0.1, 0.15) is 5.69 Å². The van der Waals surface area contributed by atoms with Crippen molar-refractivity contribution in [3.63, 3.8) is 0 Å². The maximum absolute atomic E-state index is 13.2. The van der Waals surface area contributed by atoms with Crippen LogP contribution in [0.1, 0.15) is 41.9 Å². The highest BCUT2D eigenvalue weighted by Crippen LogP contribution is 2.32. The van der Waals surface area contributed by atoms with Gasteiger partial charge in [-0.2, -0.15) is 13.2 Å². The number of carbonyl (C=O) groups excluding carboxylic acids is 2. The molecular formula is C25H27F3N4O2S. The largest absolute Gasteiger partial charge is 0.416 e. The standard InChI is InChI=1S/C25H27F3N4O2S/c1-17(2)14-29-22(33)11-12-32(15-18-7-4-3-5-8-18)23(34)21-16-35-24(31-21)30-20-10-6-9-19(13-20)25(26,27)28/h3-10,13,16-17H,11-12,14-15H2,1-2H3,(H,29,33)(H,30,31). The van der Waals surface area contributed by atoms with Crippen LogP contribution in [-0.4, -0.2) is 34.8 Å². The molecule has 0 aliphatic heterocycles. The summed E-state index contributed by atoms with van der Waals surface area (Å²) in [6.07, 6.45) is -4.31. The van der Waals surface area contributed by atoms with Gasteiger partial charge in [0.25, 0.3) is 5.91 Å². The van der Waals surface area contributed by atoms with Crippen molar-refractivity contribution >= 4 is 34.0 Å². The molecule has 3 rings (SSSR count). The van der Waals surface area contributed by atoms with Gasteiger partial charge >= 0.3 is 6.18 Å². The monoisotopic (exact) mass is 504 g/mol. The van der Waals surface area contributed by atoms with E-state index in [9.17, 15) is 22.8 Å². The van der Waals surface area contributed by atoms with Crippen LogP contribution in [0.15, 0.2) is 60.0 Å². The minimum absolute atomic E-state index is 0.144. The van der Waals surface area contributed by atoms with E-state index >= 15 is 0 Å². The van der Waals surface area contributed by atoms with E-state index in [1.807, 2.05) is 44.2 Å². The van der Waals surface area contributed by atoms with Crippen molar-refractivity contribution in [3.05, 3.63) is 76.8 Å². The quantitative estimate of drug-likeness (QED) is 0.371. The van der Waals surface area contributed by atoms with Gasteiger partial charge in [-0.1, -0.05) is 50.2 Å². The van der Waals surface area contributed by atoms with Crippen molar-refractivity contribution in [1.82, 2.24) is 15.2 Å². The fraction of sp³-hybridized carbons (Fsp3) is 0.320. The number of aromatic nitrogens is 1. The van der Waals surface area contributed by atoms with E-state index in [0.29, 0.717) is 24.1 Å². The van der Waals surface area contributed by atoms with Gasteiger partial charge in [-0.3, -0.25) is 9.59 Å². The summed E-state index contributed by atoms with van der Waals surface area (Å²) < 4.78 is 38.9. The van der Waals surface area contributed by atoms with Crippen molar-refractivity contribution in [3.8, 4) is 0 Å². The van der Waals surface area contributed by atoms with E-state index in [1.165, 1.54) is 12.1 Å². The Morgan fingerprint density at radius 2 is 1.83 bits per heavy atom. The highest BCUT2D eigenvalue weighted by Gasteiger charge is 2.30. The summed E-state index contributed by atoms with van der Waals surface area (Å²) in [4.78, 5) is 31.3. The molecule has 0 saturated carbocycles. The van der Waals surface area contributed by atoms with E-state index < -0.39 is 11.7 Å². The predicted octanol–water partition coefficient (Wildman–Crippen LogP) is 5.71. The lowest BCUT2D eigenvalue weighted by atomic mass is 10.2. The van der Waals surface area contributed by atoms with Crippen molar-refractivity contribution in [1.29, 1.82) is 0 Å². The first-order chi connectivity index (χ1) is 16.6. The number of alkyl halides is 3. The lowest BCUT2D eigenvalue weighted by molar-refractivity contribution is -0.137. The summed E-state index contributed by atoms with van der Waals surface area (Å²) >= 11 is 1.12. The maximum atomic E-state index is 13.2. The van der Waals surface area contributed by atoms with Gasteiger partial charge in [0.15, 0.2) is 5.13 Å². The smallest absolute Gasteiger partial charge is 0.356 e. The molecule has 0 radical (unpaired) electrons. The van der Waals surface area contributed by atoms with E-state index in [1.54, 1.807) is 10.3 Å². The molecule has 35 heavy (non-hydrogen) atoms.